The zero-order chi connectivity index (χ0) is 21.5. The van der Waals surface area contributed by atoms with Gasteiger partial charge in [0.25, 0.3) is 0 Å². The van der Waals surface area contributed by atoms with Gasteiger partial charge in [0, 0.05) is 25.3 Å². The molecule has 2 aliphatic heterocycles. The van der Waals surface area contributed by atoms with Gasteiger partial charge in [-0.15, -0.1) is 0 Å². The van der Waals surface area contributed by atoms with Crippen molar-refractivity contribution >= 4 is 5.91 Å². The highest BCUT2D eigenvalue weighted by molar-refractivity contribution is 5.74. The lowest BCUT2D eigenvalue weighted by Crippen LogP contribution is -2.26. The number of hydroxylamine groups is 2. The molecule has 0 radical (unpaired) electrons. The molecule has 1 aromatic carbocycles. The summed E-state index contributed by atoms with van der Waals surface area (Å²) in [5, 5.41) is 20.4. The Hall–Kier alpha value is -1.95. The van der Waals surface area contributed by atoms with Crippen LogP contribution < -0.4 is 0 Å². The normalized spacial score (nSPS) is 27.7. The SMILES string of the molecule is CC(c1ccccc1)C(O)C=C[C@@H]1[C@H](CC=CCCCC(=O)N(C)O)[C@@H]2CC[C@H]1O2. The number of ether oxygens (including phenoxy) is 1. The van der Waals surface area contributed by atoms with Crippen molar-refractivity contribution in [1.82, 2.24) is 5.06 Å². The molecular weight excluding hydrogens is 378 g/mol. The maximum Gasteiger partial charge on any atom is 0.245 e. The smallest absolute Gasteiger partial charge is 0.245 e. The number of allylic oxidation sites excluding steroid dienone is 2. The van der Waals surface area contributed by atoms with Crippen molar-refractivity contribution in [3.63, 3.8) is 0 Å². The van der Waals surface area contributed by atoms with E-state index in [0.717, 1.165) is 37.7 Å². The summed E-state index contributed by atoms with van der Waals surface area (Å²) in [4.78, 5) is 11.4. The van der Waals surface area contributed by atoms with Crippen molar-refractivity contribution in [3.05, 3.63) is 60.2 Å². The molecule has 2 fully saturated rings. The van der Waals surface area contributed by atoms with Crippen molar-refractivity contribution in [2.75, 3.05) is 7.05 Å². The molecule has 1 amide bonds. The zero-order valence-electron chi connectivity index (χ0n) is 18.1. The van der Waals surface area contributed by atoms with E-state index in [1.165, 1.54) is 7.05 Å². The molecule has 2 unspecified atom stereocenters. The molecule has 2 N–H and O–H groups in total. The summed E-state index contributed by atoms with van der Waals surface area (Å²) in [6, 6.07) is 10.1. The van der Waals surface area contributed by atoms with Crippen molar-refractivity contribution < 1.29 is 19.8 Å². The van der Waals surface area contributed by atoms with Crippen LogP contribution in [-0.2, 0) is 9.53 Å². The van der Waals surface area contributed by atoms with E-state index in [2.05, 4.69) is 37.3 Å². The summed E-state index contributed by atoms with van der Waals surface area (Å²) >= 11 is 0. The van der Waals surface area contributed by atoms with Gasteiger partial charge in [-0.05, 0) is 43.6 Å². The largest absolute Gasteiger partial charge is 0.388 e. The van der Waals surface area contributed by atoms with E-state index in [4.69, 9.17) is 9.94 Å². The van der Waals surface area contributed by atoms with Gasteiger partial charge in [-0.1, -0.05) is 61.6 Å². The summed E-state index contributed by atoms with van der Waals surface area (Å²) < 4.78 is 6.17. The van der Waals surface area contributed by atoms with E-state index in [-0.39, 0.29) is 17.9 Å². The zero-order valence-corrected chi connectivity index (χ0v) is 18.1. The number of hydrogen-bond donors (Lipinski definition) is 2. The molecule has 0 aromatic heterocycles. The van der Waals surface area contributed by atoms with E-state index >= 15 is 0 Å². The lowest BCUT2D eigenvalue weighted by Gasteiger charge is -2.25. The Labute approximate surface area is 180 Å². The van der Waals surface area contributed by atoms with Gasteiger partial charge in [-0.3, -0.25) is 10.0 Å². The van der Waals surface area contributed by atoms with Gasteiger partial charge < -0.3 is 9.84 Å². The van der Waals surface area contributed by atoms with Crippen molar-refractivity contribution in [1.29, 1.82) is 0 Å². The molecule has 0 saturated carbocycles. The number of benzene rings is 1. The average molecular weight is 414 g/mol. The van der Waals surface area contributed by atoms with Crippen LogP contribution in [-0.4, -0.2) is 46.6 Å². The quantitative estimate of drug-likeness (QED) is 0.257. The average Bonchev–Trinajstić information content (AvgIpc) is 3.36. The number of hydrogen-bond acceptors (Lipinski definition) is 4. The highest BCUT2D eigenvalue weighted by Crippen LogP contribution is 2.46. The highest BCUT2D eigenvalue weighted by Gasteiger charge is 2.46. The number of nitrogens with zero attached hydrogens (tertiary/aromatic N) is 1. The van der Waals surface area contributed by atoms with Crippen LogP contribution in [0.4, 0.5) is 0 Å². The number of carbonyl (C=O) groups is 1. The van der Waals surface area contributed by atoms with Crippen molar-refractivity contribution in [2.24, 2.45) is 11.8 Å². The summed E-state index contributed by atoms with van der Waals surface area (Å²) in [7, 11) is 1.36. The summed E-state index contributed by atoms with van der Waals surface area (Å²) in [6.07, 6.45) is 13.6. The van der Waals surface area contributed by atoms with Crippen LogP contribution in [0.5, 0.6) is 0 Å². The van der Waals surface area contributed by atoms with Gasteiger partial charge in [0.05, 0.1) is 18.3 Å². The predicted molar refractivity (Wildman–Crippen MR) is 117 cm³/mol. The van der Waals surface area contributed by atoms with Crippen LogP contribution >= 0.6 is 0 Å². The van der Waals surface area contributed by atoms with Gasteiger partial charge in [0.2, 0.25) is 5.91 Å². The first-order chi connectivity index (χ1) is 14.5. The second-order valence-electron chi connectivity index (χ2n) is 8.62. The molecule has 6 atom stereocenters. The number of unbranched alkanes of at least 4 members (excludes halogenated alkanes) is 1. The van der Waals surface area contributed by atoms with Crippen molar-refractivity contribution in [2.45, 2.75) is 69.7 Å². The van der Waals surface area contributed by atoms with E-state index in [0.29, 0.717) is 29.4 Å². The van der Waals surface area contributed by atoms with E-state index < -0.39 is 6.10 Å². The van der Waals surface area contributed by atoms with Crippen LogP contribution in [0.3, 0.4) is 0 Å². The van der Waals surface area contributed by atoms with Crippen LogP contribution in [0.15, 0.2) is 54.6 Å². The fourth-order valence-corrected chi connectivity index (χ4v) is 4.65. The molecule has 1 aromatic rings. The molecule has 30 heavy (non-hydrogen) atoms. The Bertz CT molecular complexity index is 730. The fourth-order valence-electron chi connectivity index (χ4n) is 4.65. The van der Waals surface area contributed by atoms with Gasteiger partial charge in [-0.2, -0.15) is 0 Å². The number of aliphatic hydroxyl groups is 1. The molecule has 0 spiro atoms. The highest BCUT2D eigenvalue weighted by atomic mass is 16.5. The van der Waals surface area contributed by atoms with Gasteiger partial charge in [0.1, 0.15) is 0 Å². The van der Waals surface area contributed by atoms with E-state index in [1.54, 1.807) is 0 Å². The second kappa shape index (κ2) is 10.9. The predicted octanol–water partition coefficient (Wildman–Crippen LogP) is 4.47. The maximum absolute atomic E-state index is 11.4. The molecule has 5 nitrogen and oxygen atoms in total. The molecule has 2 bridgehead atoms. The first kappa shape index (κ1) is 22.7. The minimum absolute atomic E-state index is 0.0565. The third-order valence-electron chi connectivity index (χ3n) is 6.55. The van der Waals surface area contributed by atoms with E-state index in [9.17, 15) is 9.90 Å². The Morgan fingerprint density at radius 3 is 2.70 bits per heavy atom. The third-order valence-corrected chi connectivity index (χ3v) is 6.55. The number of amides is 1. The van der Waals surface area contributed by atoms with Crippen LogP contribution in [0, 0.1) is 11.8 Å². The summed E-state index contributed by atoms with van der Waals surface area (Å²) in [6.45, 7) is 2.06. The first-order valence-electron chi connectivity index (χ1n) is 11.1. The van der Waals surface area contributed by atoms with Gasteiger partial charge >= 0.3 is 0 Å². The van der Waals surface area contributed by atoms with Gasteiger partial charge in [-0.25, -0.2) is 5.06 Å². The molecule has 0 aliphatic carbocycles. The molecule has 2 heterocycles. The molecule has 2 aliphatic rings. The Kier molecular flexibility index (Phi) is 8.25. The minimum atomic E-state index is -0.509. The molecule has 2 saturated heterocycles. The third kappa shape index (κ3) is 5.81. The number of carbonyl (C=O) groups excluding carboxylic acids is 1. The lowest BCUT2D eigenvalue weighted by atomic mass is 9.77. The number of fused-ring (bicyclic) bond motifs is 2. The van der Waals surface area contributed by atoms with Gasteiger partial charge in [0.15, 0.2) is 0 Å². The first-order valence-corrected chi connectivity index (χ1v) is 11.1. The second-order valence-corrected chi connectivity index (χ2v) is 8.62. The summed E-state index contributed by atoms with van der Waals surface area (Å²) in [5.74, 6) is 0.593. The minimum Gasteiger partial charge on any atom is -0.388 e. The molecule has 3 rings (SSSR count). The Balaban J connectivity index is 1.50. The molecule has 164 valence electrons. The summed E-state index contributed by atoms with van der Waals surface area (Å²) in [5.41, 5.74) is 1.14. The number of rotatable bonds is 10. The molecule has 5 heteroatoms. The Morgan fingerprint density at radius 1 is 1.23 bits per heavy atom. The molecular formula is C25H35NO4. The monoisotopic (exact) mass is 413 g/mol. The van der Waals surface area contributed by atoms with Crippen molar-refractivity contribution in [3.8, 4) is 0 Å². The number of aliphatic hydroxyl groups excluding tert-OH is 1. The standard InChI is InChI=1S/C25H35NO4/c1-18(19-10-6-5-7-11-19)22(27)15-14-21-20(23-16-17-24(21)30-23)12-8-3-4-9-13-25(28)26(2)29/h3,5-8,10-11,14-15,18,20-24,27,29H,4,9,12-13,16-17H2,1-2H3/t18?,20-,21+,22?,23-,24+/m0/s1. The van der Waals surface area contributed by atoms with Crippen LogP contribution in [0.25, 0.3) is 0 Å². The van der Waals surface area contributed by atoms with E-state index in [1.807, 2.05) is 24.3 Å². The maximum atomic E-state index is 11.4. The topological polar surface area (TPSA) is 70.0 Å². The fraction of sp³-hybridized carbons (Fsp3) is 0.560. The van der Waals surface area contributed by atoms with Crippen LogP contribution in [0.2, 0.25) is 0 Å². The van der Waals surface area contributed by atoms with Crippen LogP contribution in [0.1, 0.15) is 56.9 Å². The Morgan fingerprint density at radius 2 is 1.97 bits per heavy atom. The lowest BCUT2D eigenvalue weighted by molar-refractivity contribution is -0.159.